The van der Waals surface area contributed by atoms with E-state index in [0.717, 1.165) is 44.8 Å². The molecular weight excluding hydrogens is 262 g/mol. The van der Waals surface area contributed by atoms with Gasteiger partial charge in [-0.05, 0) is 25.3 Å². The molecule has 0 saturated carbocycles. The Bertz CT molecular complexity index is 552. The third-order valence-corrected chi connectivity index (χ3v) is 4.13. The first-order valence-corrected chi connectivity index (χ1v) is 7.68. The van der Waals surface area contributed by atoms with Crippen molar-refractivity contribution in [3.63, 3.8) is 0 Å². The molecule has 1 atom stereocenters. The normalized spacial score (nSPS) is 19.8. The number of aryl methyl sites for hydroxylation is 2. The highest BCUT2D eigenvalue weighted by atomic mass is 16.5. The summed E-state index contributed by atoms with van der Waals surface area (Å²) in [7, 11) is 0. The number of benzene rings is 1. The van der Waals surface area contributed by atoms with Crippen LogP contribution in [0.4, 0.5) is 0 Å². The van der Waals surface area contributed by atoms with E-state index in [-0.39, 0.29) is 0 Å². The van der Waals surface area contributed by atoms with E-state index in [4.69, 9.17) is 4.74 Å². The first-order chi connectivity index (χ1) is 10.3. The SMILES string of the molecule is Cc1[nH]cnc1CN1CCOC(CCc2ccccc2)C1. The lowest BCUT2D eigenvalue weighted by molar-refractivity contribution is -0.0349. The van der Waals surface area contributed by atoms with E-state index in [2.05, 4.69) is 52.1 Å². The van der Waals surface area contributed by atoms with Gasteiger partial charge in [-0.2, -0.15) is 0 Å². The molecular formula is C17H23N3O. The molecule has 1 aromatic heterocycles. The molecule has 1 aromatic carbocycles. The van der Waals surface area contributed by atoms with Gasteiger partial charge in [-0.25, -0.2) is 4.98 Å². The van der Waals surface area contributed by atoms with E-state index in [1.54, 1.807) is 6.33 Å². The highest BCUT2D eigenvalue weighted by Crippen LogP contribution is 2.15. The average Bonchev–Trinajstić information content (AvgIpc) is 2.92. The lowest BCUT2D eigenvalue weighted by Crippen LogP contribution is -2.42. The largest absolute Gasteiger partial charge is 0.376 e. The van der Waals surface area contributed by atoms with Crippen LogP contribution >= 0.6 is 0 Å². The molecule has 0 radical (unpaired) electrons. The van der Waals surface area contributed by atoms with E-state index in [1.807, 2.05) is 0 Å². The minimum Gasteiger partial charge on any atom is -0.376 e. The Labute approximate surface area is 126 Å². The van der Waals surface area contributed by atoms with Crippen molar-refractivity contribution in [3.05, 3.63) is 53.6 Å². The maximum atomic E-state index is 5.91. The fraction of sp³-hybridized carbons (Fsp3) is 0.471. The molecule has 0 amide bonds. The van der Waals surface area contributed by atoms with Crippen molar-refractivity contribution in [2.45, 2.75) is 32.4 Å². The molecule has 1 unspecified atom stereocenters. The molecule has 4 nitrogen and oxygen atoms in total. The minimum absolute atomic E-state index is 0.332. The quantitative estimate of drug-likeness (QED) is 0.918. The molecule has 0 spiro atoms. The van der Waals surface area contributed by atoms with Gasteiger partial charge in [-0.15, -0.1) is 0 Å². The number of H-pyrrole nitrogens is 1. The average molecular weight is 285 g/mol. The predicted molar refractivity (Wildman–Crippen MR) is 83.1 cm³/mol. The monoisotopic (exact) mass is 285 g/mol. The van der Waals surface area contributed by atoms with Gasteiger partial charge in [0, 0.05) is 25.3 Å². The van der Waals surface area contributed by atoms with E-state index < -0.39 is 0 Å². The Morgan fingerprint density at radius 3 is 2.95 bits per heavy atom. The van der Waals surface area contributed by atoms with E-state index in [1.165, 1.54) is 11.3 Å². The Balaban J connectivity index is 1.50. The Morgan fingerprint density at radius 1 is 1.33 bits per heavy atom. The molecule has 1 saturated heterocycles. The zero-order valence-electron chi connectivity index (χ0n) is 12.6. The van der Waals surface area contributed by atoms with Crippen LogP contribution in [0.25, 0.3) is 0 Å². The summed E-state index contributed by atoms with van der Waals surface area (Å²) in [4.78, 5) is 9.98. The van der Waals surface area contributed by atoms with E-state index >= 15 is 0 Å². The predicted octanol–water partition coefficient (Wildman–Crippen LogP) is 2.55. The molecule has 4 heteroatoms. The number of aromatic nitrogens is 2. The van der Waals surface area contributed by atoms with Crippen LogP contribution in [0, 0.1) is 6.92 Å². The summed E-state index contributed by atoms with van der Waals surface area (Å²) in [5, 5.41) is 0. The summed E-state index contributed by atoms with van der Waals surface area (Å²) in [6, 6.07) is 10.6. The molecule has 1 aliphatic heterocycles. The summed E-state index contributed by atoms with van der Waals surface area (Å²) >= 11 is 0. The van der Waals surface area contributed by atoms with Crippen LogP contribution in [-0.4, -0.2) is 40.7 Å². The van der Waals surface area contributed by atoms with Gasteiger partial charge >= 0.3 is 0 Å². The second-order valence-corrected chi connectivity index (χ2v) is 5.73. The number of morpholine rings is 1. The minimum atomic E-state index is 0.332. The van der Waals surface area contributed by atoms with Crippen LogP contribution in [0.15, 0.2) is 36.7 Å². The fourth-order valence-corrected chi connectivity index (χ4v) is 2.83. The van der Waals surface area contributed by atoms with Gasteiger partial charge in [-0.1, -0.05) is 30.3 Å². The van der Waals surface area contributed by atoms with Crippen molar-refractivity contribution in [1.29, 1.82) is 0 Å². The molecule has 1 aliphatic rings. The number of nitrogens with one attached hydrogen (secondary N) is 1. The van der Waals surface area contributed by atoms with Crippen molar-refractivity contribution in [1.82, 2.24) is 14.9 Å². The van der Waals surface area contributed by atoms with Crippen LogP contribution in [0.1, 0.15) is 23.4 Å². The smallest absolute Gasteiger partial charge is 0.0925 e. The summed E-state index contributed by atoms with van der Waals surface area (Å²) in [5.41, 5.74) is 3.71. The topological polar surface area (TPSA) is 41.2 Å². The van der Waals surface area contributed by atoms with Crippen LogP contribution in [-0.2, 0) is 17.7 Å². The lowest BCUT2D eigenvalue weighted by atomic mass is 10.1. The van der Waals surface area contributed by atoms with E-state index in [0.29, 0.717) is 6.10 Å². The molecule has 3 rings (SSSR count). The van der Waals surface area contributed by atoms with Crippen molar-refractivity contribution in [2.24, 2.45) is 0 Å². The number of imidazole rings is 1. The maximum absolute atomic E-state index is 5.91. The summed E-state index contributed by atoms with van der Waals surface area (Å²) in [6.45, 7) is 5.81. The van der Waals surface area contributed by atoms with Gasteiger partial charge in [-0.3, -0.25) is 4.90 Å². The molecule has 1 N–H and O–H groups in total. The first kappa shape index (κ1) is 14.3. The van der Waals surface area contributed by atoms with Crippen LogP contribution in [0.3, 0.4) is 0 Å². The molecule has 0 bridgehead atoms. The second kappa shape index (κ2) is 6.87. The maximum Gasteiger partial charge on any atom is 0.0925 e. The van der Waals surface area contributed by atoms with Gasteiger partial charge < -0.3 is 9.72 Å². The van der Waals surface area contributed by atoms with Crippen molar-refractivity contribution in [3.8, 4) is 0 Å². The Morgan fingerprint density at radius 2 is 2.19 bits per heavy atom. The Kier molecular flexibility index (Phi) is 4.68. The van der Waals surface area contributed by atoms with Gasteiger partial charge in [0.15, 0.2) is 0 Å². The molecule has 2 heterocycles. The highest BCUT2D eigenvalue weighted by molar-refractivity contribution is 5.14. The van der Waals surface area contributed by atoms with Crippen LogP contribution in [0.2, 0.25) is 0 Å². The third kappa shape index (κ3) is 3.93. The summed E-state index contributed by atoms with van der Waals surface area (Å²) < 4.78 is 5.91. The number of aromatic amines is 1. The van der Waals surface area contributed by atoms with Gasteiger partial charge in [0.2, 0.25) is 0 Å². The number of nitrogens with zero attached hydrogens (tertiary/aromatic N) is 2. The Hall–Kier alpha value is -1.65. The van der Waals surface area contributed by atoms with Crippen LogP contribution < -0.4 is 0 Å². The lowest BCUT2D eigenvalue weighted by Gasteiger charge is -2.32. The van der Waals surface area contributed by atoms with Gasteiger partial charge in [0.25, 0.3) is 0 Å². The second-order valence-electron chi connectivity index (χ2n) is 5.73. The first-order valence-electron chi connectivity index (χ1n) is 7.68. The number of hydrogen-bond acceptors (Lipinski definition) is 3. The number of rotatable bonds is 5. The summed E-state index contributed by atoms with van der Waals surface area (Å²) in [5.74, 6) is 0. The number of hydrogen-bond donors (Lipinski definition) is 1. The van der Waals surface area contributed by atoms with Crippen molar-refractivity contribution < 1.29 is 4.74 Å². The molecule has 2 aromatic rings. The van der Waals surface area contributed by atoms with Crippen molar-refractivity contribution >= 4 is 0 Å². The zero-order chi connectivity index (χ0) is 14.5. The zero-order valence-corrected chi connectivity index (χ0v) is 12.6. The van der Waals surface area contributed by atoms with Gasteiger partial charge in [0.05, 0.1) is 24.7 Å². The van der Waals surface area contributed by atoms with Gasteiger partial charge in [0.1, 0.15) is 0 Å². The number of ether oxygens (including phenoxy) is 1. The van der Waals surface area contributed by atoms with Crippen LogP contribution in [0.5, 0.6) is 0 Å². The molecule has 0 aliphatic carbocycles. The van der Waals surface area contributed by atoms with E-state index in [9.17, 15) is 0 Å². The highest BCUT2D eigenvalue weighted by Gasteiger charge is 2.21. The van der Waals surface area contributed by atoms with Crippen molar-refractivity contribution in [2.75, 3.05) is 19.7 Å². The standard InChI is InChI=1S/C17H23N3O/c1-14-17(19-13-18-14)12-20-9-10-21-16(11-20)8-7-15-5-3-2-4-6-15/h2-6,13,16H,7-12H2,1H3,(H,18,19). The molecule has 112 valence electrons. The molecule has 1 fully saturated rings. The fourth-order valence-electron chi connectivity index (χ4n) is 2.83. The molecule has 21 heavy (non-hydrogen) atoms. The summed E-state index contributed by atoms with van der Waals surface area (Å²) in [6.07, 6.45) is 4.27. The third-order valence-electron chi connectivity index (χ3n) is 4.13.